The number of hydrogen-bond donors (Lipinski definition) is 2. The van der Waals surface area contributed by atoms with E-state index in [0.717, 1.165) is 24.8 Å². The number of rotatable bonds is 5. The highest BCUT2D eigenvalue weighted by atomic mass is 35.5. The van der Waals surface area contributed by atoms with Gasteiger partial charge in [0, 0.05) is 24.5 Å². The number of aryl methyl sites for hydroxylation is 1. The van der Waals surface area contributed by atoms with Gasteiger partial charge in [-0.1, -0.05) is 23.2 Å². The molecule has 2 amide bonds. The number of nitrogens with one attached hydrogen (secondary N) is 1. The SMILES string of the molecule is Cc1cc(Cl)c(N2CCCN(CC(=O)NC3C4CC5CC3CC(C(N)=O)(C5)C4)S2(=O)=O)c(Cl)c1. The van der Waals surface area contributed by atoms with Gasteiger partial charge in [0.15, 0.2) is 0 Å². The number of hydrogen-bond acceptors (Lipinski definition) is 4. The zero-order chi connectivity index (χ0) is 24.4. The highest BCUT2D eigenvalue weighted by Crippen LogP contribution is 2.59. The number of benzene rings is 1. The number of carbonyl (C=O) groups is 2. The second-order valence-corrected chi connectivity index (χ2v) is 13.2. The van der Waals surface area contributed by atoms with Gasteiger partial charge in [-0.3, -0.25) is 13.9 Å². The zero-order valence-electron chi connectivity index (χ0n) is 19.1. The van der Waals surface area contributed by atoms with Gasteiger partial charge in [-0.05, 0) is 80.9 Å². The summed E-state index contributed by atoms with van der Waals surface area (Å²) in [5.74, 6) is 0.365. The fourth-order valence-electron chi connectivity index (χ4n) is 7.03. The average molecular weight is 529 g/mol. The molecule has 5 aliphatic rings. The molecule has 4 bridgehead atoms. The Balaban J connectivity index is 1.30. The van der Waals surface area contributed by atoms with Crippen LogP contribution in [0.5, 0.6) is 0 Å². The number of nitrogens with two attached hydrogens (primary N) is 1. The summed E-state index contributed by atoms with van der Waals surface area (Å²) in [4.78, 5) is 25.2. The van der Waals surface area contributed by atoms with E-state index in [1.165, 1.54) is 8.61 Å². The Morgan fingerprint density at radius 3 is 2.32 bits per heavy atom. The van der Waals surface area contributed by atoms with E-state index >= 15 is 0 Å². The topological polar surface area (TPSA) is 113 Å². The summed E-state index contributed by atoms with van der Waals surface area (Å²) in [6.07, 6.45) is 4.79. The first kappa shape index (κ1) is 24.2. The molecule has 0 spiro atoms. The van der Waals surface area contributed by atoms with Gasteiger partial charge < -0.3 is 11.1 Å². The minimum absolute atomic E-state index is 0.0406. The van der Waals surface area contributed by atoms with E-state index in [1.54, 1.807) is 12.1 Å². The minimum atomic E-state index is -3.98. The molecule has 8 nitrogen and oxygen atoms in total. The van der Waals surface area contributed by atoms with Crippen molar-refractivity contribution in [2.45, 2.75) is 51.5 Å². The van der Waals surface area contributed by atoms with E-state index in [2.05, 4.69) is 5.32 Å². The lowest BCUT2D eigenvalue weighted by molar-refractivity contribution is -0.147. The molecule has 186 valence electrons. The minimum Gasteiger partial charge on any atom is -0.369 e. The van der Waals surface area contributed by atoms with Gasteiger partial charge in [0.05, 0.1) is 22.3 Å². The van der Waals surface area contributed by atoms with Crippen LogP contribution in [0, 0.1) is 30.1 Å². The predicted molar refractivity (Wildman–Crippen MR) is 131 cm³/mol. The fraction of sp³-hybridized carbons (Fsp3) is 0.652. The first-order valence-electron chi connectivity index (χ1n) is 11.8. The van der Waals surface area contributed by atoms with Gasteiger partial charge in [-0.25, -0.2) is 0 Å². The molecule has 2 unspecified atom stereocenters. The van der Waals surface area contributed by atoms with E-state index in [-0.39, 0.29) is 65.1 Å². The van der Waals surface area contributed by atoms with Gasteiger partial charge in [0.2, 0.25) is 11.8 Å². The van der Waals surface area contributed by atoms with Crippen LogP contribution in [0.3, 0.4) is 0 Å². The highest BCUT2D eigenvalue weighted by molar-refractivity contribution is 7.90. The smallest absolute Gasteiger partial charge is 0.304 e. The summed E-state index contributed by atoms with van der Waals surface area (Å²) in [5, 5.41) is 3.64. The molecule has 3 N–H and O–H groups in total. The van der Waals surface area contributed by atoms with Crippen molar-refractivity contribution >= 4 is 50.9 Å². The normalized spacial score (nSPS) is 34.3. The Morgan fingerprint density at radius 1 is 1.12 bits per heavy atom. The van der Waals surface area contributed by atoms with Crippen LogP contribution in [-0.4, -0.2) is 50.2 Å². The van der Waals surface area contributed by atoms with Gasteiger partial charge in [-0.2, -0.15) is 12.7 Å². The summed E-state index contributed by atoms with van der Waals surface area (Å²) < 4.78 is 29.2. The van der Waals surface area contributed by atoms with E-state index in [4.69, 9.17) is 28.9 Å². The zero-order valence-corrected chi connectivity index (χ0v) is 21.4. The molecule has 6 rings (SSSR count). The second-order valence-electron chi connectivity index (χ2n) is 10.6. The number of amides is 2. The average Bonchev–Trinajstić information content (AvgIpc) is 2.72. The maximum atomic E-state index is 13.4. The number of halogens is 2. The molecule has 1 aromatic rings. The largest absolute Gasteiger partial charge is 0.369 e. The van der Waals surface area contributed by atoms with Crippen molar-refractivity contribution in [3.8, 4) is 0 Å². The number of anilines is 1. The van der Waals surface area contributed by atoms with E-state index in [1.807, 2.05) is 6.92 Å². The van der Waals surface area contributed by atoms with Crippen molar-refractivity contribution in [1.82, 2.24) is 9.62 Å². The lowest BCUT2D eigenvalue weighted by Gasteiger charge is -2.58. The van der Waals surface area contributed by atoms with Crippen molar-refractivity contribution < 1.29 is 18.0 Å². The van der Waals surface area contributed by atoms with Crippen molar-refractivity contribution in [2.24, 2.45) is 28.9 Å². The number of nitrogens with zero attached hydrogens (tertiary/aromatic N) is 2. The lowest BCUT2D eigenvalue weighted by Crippen LogP contribution is -2.63. The van der Waals surface area contributed by atoms with Crippen LogP contribution in [0.1, 0.15) is 44.1 Å². The number of primary amides is 1. The van der Waals surface area contributed by atoms with E-state index in [9.17, 15) is 18.0 Å². The van der Waals surface area contributed by atoms with Gasteiger partial charge in [0.25, 0.3) is 0 Å². The van der Waals surface area contributed by atoms with Crippen LogP contribution in [0.4, 0.5) is 5.69 Å². The summed E-state index contributed by atoms with van der Waals surface area (Å²) in [6.45, 7) is 2.06. The molecule has 5 fully saturated rings. The van der Waals surface area contributed by atoms with Crippen molar-refractivity contribution in [2.75, 3.05) is 23.9 Å². The van der Waals surface area contributed by atoms with Crippen molar-refractivity contribution in [3.05, 3.63) is 27.7 Å². The third-order valence-corrected chi connectivity index (χ3v) is 10.7. The molecule has 34 heavy (non-hydrogen) atoms. The summed E-state index contributed by atoms with van der Waals surface area (Å²) in [7, 11) is -3.98. The van der Waals surface area contributed by atoms with Crippen LogP contribution in [0.15, 0.2) is 12.1 Å². The second kappa shape index (κ2) is 8.54. The quantitative estimate of drug-likeness (QED) is 0.611. The Morgan fingerprint density at radius 2 is 1.74 bits per heavy atom. The van der Waals surface area contributed by atoms with Crippen molar-refractivity contribution in [3.63, 3.8) is 0 Å². The molecule has 1 saturated heterocycles. The van der Waals surface area contributed by atoms with E-state index < -0.39 is 15.6 Å². The molecular weight excluding hydrogens is 499 g/mol. The molecule has 11 heteroatoms. The van der Waals surface area contributed by atoms with Gasteiger partial charge >= 0.3 is 10.2 Å². The molecule has 0 radical (unpaired) electrons. The lowest BCUT2D eigenvalue weighted by atomic mass is 9.47. The first-order valence-corrected chi connectivity index (χ1v) is 14.0. The Bertz CT molecular complexity index is 1100. The third kappa shape index (κ3) is 3.98. The predicted octanol–water partition coefficient (Wildman–Crippen LogP) is 2.86. The van der Waals surface area contributed by atoms with Crippen LogP contribution >= 0.6 is 23.2 Å². The van der Waals surface area contributed by atoms with Gasteiger partial charge in [-0.15, -0.1) is 0 Å². The number of carbonyl (C=O) groups excluding carboxylic acids is 2. The Labute approximate surface area is 210 Å². The summed E-state index contributed by atoms with van der Waals surface area (Å²) in [6, 6.07) is 3.31. The van der Waals surface area contributed by atoms with E-state index in [0.29, 0.717) is 25.2 Å². The molecule has 0 aromatic heterocycles. The molecule has 1 aliphatic heterocycles. The molecular formula is C23H30Cl2N4O4S. The monoisotopic (exact) mass is 528 g/mol. The van der Waals surface area contributed by atoms with Crippen LogP contribution in [0.2, 0.25) is 10.0 Å². The fourth-order valence-corrected chi connectivity index (χ4v) is 9.64. The van der Waals surface area contributed by atoms with Gasteiger partial charge in [0.1, 0.15) is 0 Å². The van der Waals surface area contributed by atoms with Crippen LogP contribution in [0.25, 0.3) is 0 Å². The molecule has 4 saturated carbocycles. The van der Waals surface area contributed by atoms with Crippen LogP contribution in [-0.2, 0) is 19.8 Å². The van der Waals surface area contributed by atoms with Crippen molar-refractivity contribution in [1.29, 1.82) is 0 Å². The molecule has 1 aromatic carbocycles. The molecule has 2 atom stereocenters. The third-order valence-electron chi connectivity index (χ3n) is 8.23. The molecule has 1 heterocycles. The maximum absolute atomic E-state index is 13.4. The van der Waals surface area contributed by atoms with Crippen LogP contribution < -0.4 is 15.4 Å². The summed E-state index contributed by atoms with van der Waals surface area (Å²) in [5.41, 5.74) is 6.41. The molecule has 4 aliphatic carbocycles. The summed E-state index contributed by atoms with van der Waals surface area (Å²) >= 11 is 12.7. The maximum Gasteiger partial charge on any atom is 0.304 e. The highest BCUT2D eigenvalue weighted by Gasteiger charge is 2.58. The standard InChI is InChI=1S/C23H30Cl2N4O4S/c1-13-5-17(24)21(18(25)6-13)29-4-2-3-28(34(29,32)33)12-19(30)27-20-15-7-14-8-16(20)11-23(9-14,10-15)22(26)31/h5-6,14-16,20H,2-4,7-12H2,1H3,(H2,26,31)(H,27,30). The Hall–Kier alpha value is -1.55. The Kier molecular flexibility index (Phi) is 6.06. The first-order chi connectivity index (χ1) is 16.0.